The van der Waals surface area contributed by atoms with Gasteiger partial charge in [0.15, 0.2) is 34.7 Å². The van der Waals surface area contributed by atoms with E-state index in [1.54, 1.807) is 18.6 Å². The van der Waals surface area contributed by atoms with Crippen molar-refractivity contribution < 1.29 is 14.4 Å². The summed E-state index contributed by atoms with van der Waals surface area (Å²) in [6, 6.07) is 11.2. The molecule has 3 aliphatic rings. The highest BCUT2D eigenvalue weighted by Crippen LogP contribution is 2.17. The third kappa shape index (κ3) is 5.96. The number of aromatic nitrogens is 3. The first kappa shape index (κ1) is 24.8. The van der Waals surface area contributed by atoms with Crippen LogP contribution in [0.5, 0.6) is 0 Å². The molecular formula is C27H24AlN3O3. The summed E-state index contributed by atoms with van der Waals surface area (Å²) in [6.07, 6.45) is 17.8. The Hall–Kier alpha value is -3.79. The quantitative estimate of drug-likeness (QED) is 0.469. The fourth-order valence-electron chi connectivity index (χ4n) is 3.52. The van der Waals surface area contributed by atoms with E-state index in [9.17, 15) is 14.4 Å². The molecule has 3 heterocycles. The molecular weight excluding hydrogens is 441 g/mol. The van der Waals surface area contributed by atoms with Gasteiger partial charge in [-0.25, -0.2) is 0 Å². The van der Waals surface area contributed by atoms with Gasteiger partial charge < -0.3 is 0 Å². The minimum absolute atomic E-state index is 0. The lowest BCUT2D eigenvalue weighted by Gasteiger charge is -2.05. The fraction of sp³-hybridized carbons (Fsp3) is 0.111. The van der Waals surface area contributed by atoms with Crippen molar-refractivity contribution in [1.82, 2.24) is 15.0 Å². The number of ketones is 3. The summed E-state index contributed by atoms with van der Waals surface area (Å²) in [7, 11) is 0. The van der Waals surface area contributed by atoms with Gasteiger partial charge in [-0.1, -0.05) is 54.7 Å². The molecule has 0 radical (unpaired) electrons. The summed E-state index contributed by atoms with van der Waals surface area (Å²) < 4.78 is 0. The molecule has 0 spiro atoms. The van der Waals surface area contributed by atoms with Crippen LogP contribution in [0.1, 0.15) is 67.4 Å². The van der Waals surface area contributed by atoms with Crippen molar-refractivity contribution in [2.24, 2.45) is 0 Å². The number of allylic oxidation sites excluding steroid dienone is 3. The van der Waals surface area contributed by atoms with Crippen molar-refractivity contribution in [3.63, 3.8) is 0 Å². The second kappa shape index (κ2) is 11.9. The predicted octanol–water partition coefficient (Wildman–Crippen LogP) is 3.86. The van der Waals surface area contributed by atoms with Crippen LogP contribution >= 0.6 is 0 Å². The molecule has 0 aliphatic heterocycles. The monoisotopic (exact) mass is 465 g/mol. The van der Waals surface area contributed by atoms with E-state index < -0.39 is 0 Å². The van der Waals surface area contributed by atoms with Crippen LogP contribution in [0, 0.1) is 0 Å². The average molecular weight is 465 g/mol. The Kier molecular flexibility index (Phi) is 8.69. The van der Waals surface area contributed by atoms with E-state index in [1.807, 2.05) is 72.9 Å². The van der Waals surface area contributed by atoms with Gasteiger partial charge in [-0.2, -0.15) is 0 Å². The van der Waals surface area contributed by atoms with Crippen LogP contribution in [-0.4, -0.2) is 49.7 Å². The number of nitrogens with zero attached hydrogens (tertiary/aromatic N) is 3. The maximum absolute atomic E-state index is 11.2. The molecule has 168 valence electrons. The van der Waals surface area contributed by atoms with Crippen LogP contribution < -0.4 is 0 Å². The third-order valence-electron chi connectivity index (χ3n) is 5.11. The zero-order chi connectivity index (χ0) is 23.0. The smallest absolute Gasteiger partial charge is 0.187 e. The van der Waals surface area contributed by atoms with E-state index in [1.165, 1.54) is 0 Å². The molecule has 3 aliphatic carbocycles. The molecule has 0 atom stereocenters. The van der Waals surface area contributed by atoms with Crippen LogP contribution in [0.3, 0.4) is 0 Å². The minimum Gasteiger partial charge on any atom is -0.292 e. The van der Waals surface area contributed by atoms with Crippen LogP contribution in [0.25, 0.3) is 18.2 Å². The number of hydrogen-bond acceptors (Lipinski definition) is 6. The average Bonchev–Trinajstić information content (AvgIpc) is 2.86. The summed E-state index contributed by atoms with van der Waals surface area (Å²) >= 11 is 0. The van der Waals surface area contributed by atoms with Gasteiger partial charge in [-0.15, -0.1) is 0 Å². The molecule has 6 rings (SSSR count). The largest absolute Gasteiger partial charge is 0.292 e. The van der Waals surface area contributed by atoms with E-state index in [-0.39, 0.29) is 34.7 Å². The first-order valence-electron chi connectivity index (χ1n) is 10.6. The predicted molar refractivity (Wildman–Crippen MR) is 137 cm³/mol. The highest BCUT2D eigenvalue weighted by atomic mass is 27.0. The Morgan fingerprint density at radius 2 is 0.794 bits per heavy atom. The Bertz CT molecular complexity index is 1150. The van der Waals surface area contributed by atoms with Gasteiger partial charge in [0.2, 0.25) is 0 Å². The molecule has 7 heteroatoms. The second-order valence-corrected chi connectivity index (χ2v) is 7.41. The molecule has 0 aromatic carbocycles. The number of carbonyl (C=O) groups is 3. The number of Topliss-reactive ketones (excluding diaryl/α,β-unsaturated/α-hetero) is 3. The van der Waals surface area contributed by atoms with Crippen molar-refractivity contribution in [3.8, 4) is 0 Å². The van der Waals surface area contributed by atoms with E-state index in [0.717, 1.165) is 16.7 Å². The van der Waals surface area contributed by atoms with Crippen molar-refractivity contribution in [1.29, 1.82) is 0 Å². The number of hydrogen-bond donors (Lipinski definition) is 0. The van der Waals surface area contributed by atoms with Crippen molar-refractivity contribution in [2.45, 2.75) is 19.3 Å². The highest BCUT2D eigenvalue weighted by Gasteiger charge is 2.14. The molecule has 34 heavy (non-hydrogen) atoms. The van der Waals surface area contributed by atoms with E-state index >= 15 is 0 Å². The van der Waals surface area contributed by atoms with Gasteiger partial charge in [0.05, 0.1) is 0 Å². The van der Waals surface area contributed by atoms with Gasteiger partial charge in [0.1, 0.15) is 17.1 Å². The highest BCUT2D eigenvalue weighted by molar-refractivity contribution is 6.02. The zero-order valence-corrected chi connectivity index (χ0v) is 17.8. The number of rotatable bonds is 0. The zero-order valence-electron chi connectivity index (χ0n) is 17.8. The Morgan fingerprint density at radius 1 is 0.500 bits per heavy atom. The molecule has 3 aromatic heterocycles. The number of pyridine rings is 3. The molecule has 0 bridgehead atoms. The Morgan fingerprint density at radius 3 is 1.06 bits per heavy atom. The SMILES string of the molecule is O=C1CC=Cc2cccnc21.O=C1CC=Cc2cccnc21.O=C1CC=Cc2cccnc21.[AlH3]. The van der Waals surface area contributed by atoms with Crippen LogP contribution in [0.4, 0.5) is 0 Å². The summed E-state index contributed by atoms with van der Waals surface area (Å²) in [5.74, 6) is 0.342. The molecule has 6 nitrogen and oxygen atoms in total. The molecule has 0 saturated carbocycles. The van der Waals surface area contributed by atoms with Crippen molar-refractivity contribution >= 4 is 52.9 Å². The number of fused-ring (bicyclic) bond motifs is 3. The topological polar surface area (TPSA) is 89.9 Å². The van der Waals surface area contributed by atoms with E-state index in [0.29, 0.717) is 36.3 Å². The lowest BCUT2D eigenvalue weighted by molar-refractivity contribution is 0.0981. The lowest BCUT2D eigenvalue weighted by atomic mass is 10.0. The van der Waals surface area contributed by atoms with Crippen LogP contribution in [0.2, 0.25) is 0 Å². The van der Waals surface area contributed by atoms with Gasteiger partial charge in [0, 0.05) is 54.5 Å². The van der Waals surface area contributed by atoms with E-state index in [4.69, 9.17) is 0 Å². The van der Waals surface area contributed by atoms with Gasteiger partial charge in [-0.05, 0) is 18.2 Å². The molecule has 0 amide bonds. The lowest BCUT2D eigenvalue weighted by Crippen LogP contribution is -2.06. The fourth-order valence-corrected chi connectivity index (χ4v) is 3.52. The van der Waals surface area contributed by atoms with Gasteiger partial charge in [-0.3, -0.25) is 29.3 Å². The number of carbonyl (C=O) groups excluding carboxylic acids is 3. The second-order valence-electron chi connectivity index (χ2n) is 7.41. The molecule has 0 saturated heterocycles. The van der Waals surface area contributed by atoms with E-state index in [2.05, 4.69) is 15.0 Å². The molecule has 0 N–H and O–H groups in total. The summed E-state index contributed by atoms with van der Waals surface area (Å²) in [5, 5.41) is 0. The maximum Gasteiger partial charge on any atom is 0.187 e. The van der Waals surface area contributed by atoms with Crippen molar-refractivity contribution in [3.05, 3.63) is 107 Å². The normalized spacial score (nSPS) is 14.3. The van der Waals surface area contributed by atoms with Crippen LogP contribution in [-0.2, 0) is 0 Å². The van der Waals surface area contributed by atoms with Gasteiger partial charge >= 0.3 is 0 Å². The van der Waals surface area contributed by atoms with Crippen LogP contribution in [0.15, 0.2) is 73.2 Å². The standard InChI is InChI=1S/3C9H7NO.Al.3H/c3*11-8-5-1-3-7-4-2-6-10-9(7)8;;;;/h3*1-4,6H,5H2;;;;. The van der Waals surface area contributed by atoms with Crippen molar-refractivity contribution in [2.75, 3.05) is 0 Å². The third-order valence-corrected chi connectivity index (χ3v) is 5.11. The summed E-state index contributed by atoms with van der Waals surface area (Å²) in [4.78, 5) is 45.5. The molecule has 0 unspecified atom stereocenters. The summed E-state index contributed by atoms with van der Waals surface area (Å²) in [5.41, 5.74) is 4.62. The maximum atomic E-state index is 11.2. The summed E-state index contributed by atoms with van der Waals surface area (Å²) in [6.45, 7) is 0. The van der Waals surface area contributed by atoms with Gasteiger partial charge in [0.25, 0.3) is 0 Å². The minimum atomic E-state index is 0. The Labute approximate surface area is 208 Å². The first-order chi connectivity index (χ1) is 16.1. The first-order valence-corrected chi connectivity index (χ1v) is 10.6. The Balaban J connectivity index is 0.000000141. The molecule has 3 aromatic rings. The molecule has 0 fully saturated rings.